The van der Waals surface area contributed by atoms with Gasteiger partial charge < -0.3 is 11.2 Å². The molecular formula is C3H8N6S. The molecule has 1 heterocycles. The summed E-state index contributed by atoms with van der Waals surface area (Å²) in [4.78, 5) is 0. The molecule has 1 aromatic heterocycles. The van der Waals surface area contributed by atoms with Gasteiger partial charge in [0.25, 0.3) is 0 Å². The lowest BCUT2D eigenvalue weighted by atomic mass is 11.0. The monoisotopic (exact) mass is 160 g/mol. The first-order chi connectivity index (χ1) is 4.77. The summed E-state index contributed by atoms with van der Waals surface area (Å²) in [5.41, 5.74) is 6.82. The summed E-state index contributed by atoms with van der Waals surface area (Å²) in [6.45, 7) is 0. The number of rotatable bonds is 0. The smallest absolute Gasteiger partial charge is 0.177 e. The molecule has 7 heteroatoms. The predicted octanol–water partition coefficient (Wildman–Crippen LogP) is -1.50. The fourth-order valence-electron chi connectivity index (χ4n) is 0.167. The van der Waals surface area contributed by atoms with Gasteiger partial charge in [-0.05, 0) is 12.2 Å². The standard InChI is InChI=1S/C2H3N3.CH5N3S/c1-2-4-5-3-1;2-1(5)4-3/h1-2H,(H,3,4,5);3H2,(H3,2,4,5). The molecule has 0 fully saturated rings. The Labute approximate surface area is 62.9 Å². The number of nitrogens with two attached hydrogens (primary N) is 2. The number of hydrazine groups is 1. The van der Waals surface area contributed by atoms with Crippen LogP contribution >= 0.6 is 12.2 Å². The number of thiocarbonyl (C=S) groups is 1. The van der Waals surface area contributed by atoms with Gasteiger partial charge in [0.15, 0.2) is 5.11 Å². The van der Waals surface area contributed by atoms with E-state index < -0.39 is 0 Å². The summed E-state index contributed by atoms with van der Waals surface area (Å²) in [6.07, 6.45) is 3.24. The number of H-pyrrole nitrogens is 1. The van der Waals surface area contributed by atoms with Crippen molar-refractivity contribution in [3.8, 4) is 0 Å². The molecule has 0 unspecified atom stereocenters. The van der Waals surface area contributed by atoms with Gasteiger partial charge in [-0.3, -0.25) is 5.10 Å². The van der Waals surface area contributed by atoms with E-state index in [0.717, 1.165) is 0 Å². The predicted molar refractivity (Wildman–Crippen MR) is 40.5 cm³/mol. The molecule has 0 amide bonds. The summed E-state index contributed by atoms with van der Waals surface area (Å²) in [5.74, 6) is 4.66. The molecule has 10 heavy (non-hydrogen) atoms. The maximum atomic E-state index is 4.79. The minimum Gasteiger partial charge on any atom is -0.375 e. The van der Waals surface area contributed by atoms with Crippen molar-refractivity contribution >= 4 is 17.3 Å². The lowest BCUT2D eigenvalue weighted by molar-refractivity contribution is 0.940. The zero-order chi connectivity index (χ0) is 7.82. The van der Waals surface area contributed by atoms with Crippen LogP contribution in [0, 0.1) is 0 Å². The highest BCUT2D eigenvalue weighted by molar-refractivity contribution is 7.80. The third-order valence-corrected chi connectivity index (χ3v) is 0.591. The Kier molecular flexibility index (Phi) is 5.20. The first-order valence-corrected chi connectivity index (χ1v) is 2.74. The van der Waals surface area contributed by atoms with Gasteiger partial charge in [0.05, 0.1) is 6.20 Å². The van der Waals surface area contributed by atoms with E-state index in [9.17, 15) is 0 Å². The third kappa shape index (κ3) is 6.79. The maximum Gasteiger partial charge on any atom is 0.177 e. The Balaban J connectivity index is 0.000000162. The molecular weight excluding hydrogens is 152 g/mol. The first-order valence-electron chi connectivity index (χ1n) is 2.34. The van der Waals surface area contributed by atoms with Gasteiger partial charge in [0.2, 0.25) is 0 Å². The van der Waals surface area contributed by atoms with Crippen molar-refractivity contribution in [1.82, 2.24) is 20.8 Å². The highest BCUT2D eigenvalue weighted by atomic mass is 32.1. The molecule has 0 aliphatic heterocycles. The van der Waals surface area contributed by atoms with Crippen LogP contribution in [0.1, 0.15) is 0 Å². The van der Waals surface area contributed by atoms with Crippen LogP contribution in [0.5, 0.6) is 0 Å². The Hall–Kier alpha value is -1.21. The van der Waals surface area contributed by atoms with E-state index in [-0.39, 0.29) is 5.11 Å². The lowest BCUT2D eigenvalue weighted by Gasteiger charge is -1.85. The van der Waals surface area contributed by atoms with Crippen molar-refractivity contribution < 1.29 is 0 Å². The molecule has 0 radical (unpaired) electrons. The highest BCUT2D eigenvalue weighted by Gasteiger charge is 1.66. The van der Waals surface area contributed by atoms with Gasteiger partial charge in [-0.2, -0.15) is 0 Å². The third-order valence-electron chi connectivity index (χ3n) is 0.473. The number of aromatic nitrogens is 3. The van der Waals surface area contributed by atoms with Gasteiger partial charge in [0.1, 0.15) is 0 Å². The van der Waals surface area contributed by atoms with E-state index in [1.807, 2.05) is 5.43 Å². The fraction of sp³-hybridized carbons (Fsp3) is 0. The van der Waals surface area contributed by atoms with Crippen LogP contribution in [0.15, 0.2) is 12.4 Å². The molecule has 56 valence electrons. The van der Waals surface area contributed by atoms with Crippen LogP contribution in [-0.4, -0.2) is 20.5 Å². The van der Waals surface area contributed by atoms with Gasteiger partial charge in [-0.25, -0.2) is 5.84 Å². The lowest BCUT2D eigenvalue weighted by Crippen LogP contribution is -2.34. The van der Waals surface area contributed by atoms with Crippen molar-refractivity contribution in [3.05, 3.63) is 12.4 Å². The van der Waals surface area contributed by atoms with E-state index in [1.165, 1.54) is 0 Å². The number of aromatic amines is 1. The van der Waals surface area contributed by atoms with Crippen LogP contribution < -0.4 is 17.0 Å². The molecule has 0 saturated carbocycles. The second-order valence-corrected chi connectivity index (χ2v) is 1.61. The fourth-order valence-corrected chi connectivity index (χ4v) is 0.167. The zero-order valence-corrected chi connectivity index (χ0v) is 5.93. The van der Waals surface area contributed by atoms with E-state index >= 15 is 0 Å². The number of nitrogens with one attached hydrogen (secondary N) is 2. The van der Waals surface area contributed by atoms with Gasteiger partial charge in [0, 0.05) is 6.20 Å². The van der Waals surface area contributed by atoms with E-state index in [0.29, 0.717) is 0 Å². The highest BCUT2D eigenvalue weighted by Crippen LogP contribution is 1.55. The van der Waals surface area contributed by atoms with Crippen LogP contribution in [0.25, 0.3) is 0 Å². The topological polar surface area (TPSA) is 106 Å². The van der Waals surface area contributed by atoms with Crippen molar-refractivity contribution in [1.29, 1.82) is 0 Å². The summed E-state index contributed by atoms with van der Waals surface area (Å²) >= 11 is 4.24. The summed E-state index contributed by atoms with van der Waals surface area (Å²) in [7, 11) is 0. The van der Waals surface area contributed by atoms with E-state index in [2.05, 4.69) is 33.5 Å². The van der Waals surface area contributed by atoms with Crippen molar-refractivity contribution in [2.75, 3.05) is 0 Å². The van der Waals surface area contributed by atoms with Crippen LogP contribution in [0.4, 0.5) is 0 Å². The molecule has 1 rings (SSSR count). The molecule has 0 spiro atoms. The SMILES string of the molecule is NNC(N)=S.c1c[nH]nn1. The number of hydrogen-bond acceptors (Lipinski definition) is 4. The Morgan fingerprint density at radius 1 is 1.70 bits per heavy atom. The van der Waals surface area contributed by atoms with E-state index in [4.69, 9.17) is 5.73 Å². The van der Waals surface area contributed by atoms with Gasteiger partial charge >= 0.3 is 0 Å². The van der Waals surface area contributed by atoms with Crippen LogP contribution in [-0.2, 0) is 0 Å². The maximum absolute atomic E-state index is 4.79. The summed E-state index contributed by atoms with van der Waals surface area (Å²) in [5, 5.41) is 9.38. The largest absolute Gasteiger partial charge is 0.375 e. The number of nitrogens with zero attached hydrogens (tertiary/aromatic N) is 2. The minimum atomic E-state index is 0.116. The summed E-state index contributed by atoms with van der Waals surface area (Å²) < 4.78 is 0. The van der Waals surface area contributed by atoms with Gasteiger partial charge in [-0.15, -0.1) is 5.10 Å². The zero-order valence-electron chi connectivity index (χ0n) is 5.11. The van der Waals surface area contributed by atoms with Crippen molar-refractivity contribution in [2.45, 2.75) is 0 Å². The van der Waals surface area contributed by atoms with Crippen molar-refractivity contribution in [2.24, 2.45) is 11.6 Å². The summed E-state index contributed by atoms with van der Waals surface area (Å²) in [6, 6.07) is 0. The Bertz CT molecular complexity index is 142. The molecule has 0 saturated heterocycles. The molecule has 0 atom stereocenters. The normalized spacial score (nSPS) is 7.30. The van der Waals surface area contributed by atoms with Crippen LogP contribution in [0.3, 0.4) is 0 Å². The molecule has 0 aromatic carbocycles. The molecule has 0 aliphatic carbocycles. The molecule has 0 aliphatic rings. The molecule has 1 aromatic rings. The minimum absolute atomic E-state index is 0.116. The number of hydrogen-bond donors (Lipinski definition) is 4. The second-order valence-electron chi connectivity index (χ2n) is 1.17. The quantitative estimate of drug-likeness (QED) is 0.209. The Morgan fingerprint density at radius 3 is 2.40 bits per heavy atom. The van der Waals surface area contributed by atoms with Crippen molar-refractivity contribution in [3.63, 3.8) is 0 Å². The average Bonchev–Trinajstić information content (AvgIpc) is 2.43. The average molecular weight is 160 g/mol. The molecule has 0 bridgehead atoms. The molecule has 6 nitrogen and oxygen atoms in total. The Morgan fingerprint density at radius 2 is 2.30 bits per heavy atom. The molecule has 6 N–H and O–H groups in total. The van der Waals surface area contributed by atoms with E-state index in [1.54, 1.807) is 12.4 Å². The van der Waals surface area contributed by atoms with Gasteiger partial charge in [-0.1, -0.05) is 5.21 Å². The second kappa shape index (κ2) is 5.92. The first kappa shape index (κ1) is 8.79. The van der Waals surface area contributed by atoms with Crippen LogP contribution in [0.2, 0.25) is 0 Å².